The maximum absolute atomic E-state index is 12.6. The highest BCUT2D eigenvalue weighted by atomic mass is 19.4. The number of hydrogen-bond acceptors (Lipinski definition) is 3. The first-order valence-electron chi connectivity index (χ1n) is 5.96. The van der Waals surface area contributed by atoms with E-state index < -0.39 is 11.7 Å². The van der Waals surface area contributed by atoms with Gasteiger partial charge < -0.3 is 10.6 Å². The van der Waals surface area contributed by atoms with Crippen molar-refractivity contribution in [1.29, 1.82) is 5.26 Å². The second-order valence-electron chi connectivity index (χ2n) is 4.13. The lowest BCUT2D eigenvalue weighted by molar-refractivity contribution is -0.137. The van der Waals surface area contributed by atoms with E-state index in [4.69, 9.17) is 5.26 Å². The molecule has 7 heteroatoms. The Labute approximate surface area is 114 Å². The molecular weight excluding hydrogens is 271 g/mol. The largest absolute Gasteiger partial charge is 0.416 e. The molecule has 0 spiro atoms. The molecule has 20 heavy (non-hydrogen) atoms. The summed E-state index contributed by atoms with van der Waals surface area (Å²) >= 11 is 0. The van der Waals surface area contributed by atoms with Crippen LogP contribution in [0.5, 0.6) is 0 Å². The van der Waals surface area contributed by atoms with Gasteiger partial charge in [0.05, 0.1) is 17.2 Å². The molecule has 1 aromatic rings. The molecule has 0 fully saturated rings. The van der Waals surface area contributed by atoms with E-state index in [9.17, 15) is 18.0 Å². The molecule has 0 aliphatic heterocycles. The summed E-state index contributed by atoms with van der Waals surface area (Å²) in [5.74, 6) is 0. The number of rotatable bonds is 7. The van der Waals surface area contributed by atoms with Crippen LogP contribution in [0.1, 0.15) is 23.1 Å². The summed E-state index contributed by atoms with van der Waals surface area (Å²) in [5.41, 5.74) is -0.435. The van der Waals surface area contributed by atoms with Crippen LogP contribution in [-0.2, 0) is 17.5 Å². The number of benzene rings is 1. The third-order valence-corrected chi connectivity index (χ3v) is 2.54. The SMILES string of the molecule is N#Cc1cc(CNCCCNC=O)cc(C(F)(F)F)c1. The predicted octanol–water partition coefficient (Wildman–Crippen LogP) is 1.80. The molecule has 4 nitrogen and oxygen atoms in total. The molecule has 0 aromatic heterocycles. The molecule has 0 aliphatic rings. The Morgan fingerprint density at radius 1 is 1.25 bits per heavy atom. The Morgan fingerprint density at radius 2 is 2.00 bits per heavy atom. The van der Waals surface area contributed by atoms with Crippen molar-refractivity contribution in [3.05, 3.63) is 34.9 Å². The van der Waals surface area contributed by atoms with Crippen LogP contribution in [0.4, 0.5) is 13.2 Å². The molecule has 1 aromatic carbocycles. The van der Waals surface area contributed by atoms with Gasteiger partial charge in [-0.2, -0.15) is 18.4 Å². The number of nitrogens with one attached hydrogen (secondary N) is 2. The summed E-state index contributed by atoms with van der Waals surface area (Å²) in [4.78, 5) is 9.99. The lowest BCUT2D eigenvalue weighted by atomic mass is 10.1. The van der Waals surface area contributed by atoms with Crippen LogP contribution in [0, 0.1) is 11.3 Å². The molecule has 0 aliphatic carbocycles. The minimum Gasteiger partial charge on any atom is -0.359 e. The standard InChI is InChI=1S/C13H14F3N3O/c14-13(15,16)12-5-10(7-17)4-11(6-12)8-18-2-1-3-19-9-20/h4-6,9,18H,1-3,8H2,(H,19,20). The fraction of sp³-hybridized carbons (Fsp3) is 0.385. The lowest BCUT2D eigenvalue weighted by Gasteiger charge is -2.10. The third-order valence-electron chi connectivity index (χ3n) is 2.54. The fourth-order valence-electron chi connectivity index (χ4n) is 1.63. The molecular formula is C13H14F3N3O. The molecule has 1 amide bonds. The molecule has 0 heterocycles. The van der Waals surface area contributed by atoms with Crippen molar-refractivity contribution in [1.82, 2.24) is 10.6 Å². The number of hydrogen-bond donors (Lipinski definition) is 2. The highest BCUT2D eigenvalue weighted by molar-refractivity contribution is 5.45. The van der Waals surface area contributed by atoms with Crippen LogP contribution in [-0.4, -0.2) is 19.5 Å². The number of nitrogens with zero attached hydrogens (tertiary/aromatic N) is 1. The minimum atomic E-state index is -4.46. The molecule has 0 unspecified atom stereocenters. The number of halogens is 3. The lowest BCUT2D eigenvalue weighted by Crippen LogP contribution is -2.21. The van der Waals surface area contributed by atoms with Crippen molar-refractivity contribution in [2.75, 3.05) is 13.1 Å². The Morgan fingerprint density at radius 3 is 2.60 bits per heavy atom. The van der Waals surface area contributed by atoms with Crippen LogP contribution in [0.15, 0.2) is 18.2 Å². The minimum absolute atomic E-state index is 0.0146. The molecule has 0 saturated heterocycles. The van der Waals surface area contributed by atoms with E-state index in [1.807, 2.05) is 0 Å². The summed E-state index contributed by atoms with van der Waals surface area (Å²) in [7, 11) is 0. The highest BCUT2D eigenvalue weighted by Crippen LogP contribution is 2.30. The first-order chi connectivity index (χ1) is 9.47. The van der Waals surface area contributed by atoms with E-state index in [0.717, 1.165) is 12.1 Å². The van der Waals surface area contributed by atoms with Gasteiger partial charge >= 0.3 is 6.18 Å². The van der Waals surface area contributed by atoms with Crippen LogP contribution in [0.25, 0.3) is 0 Å². The third kappa shape index (κ3) is 5.28. The second-order valence-corrected chi connectivity index (χ2v) is 4.13. The molecule has 0 atom stereocenters. The summed E-state index contributed by atoms with van der Waals surface area (Å²) in [5, 5.41) is 14.2. The zero-order valence-corrected chi connectivity index (χ0v) is 10.6. The van der Waals surface area contributed by atoms with Crippen molar-refractivity contribution < 1.29 is 18.0 Å². The number of amides is 1. The summed E-state index contributed by atoms with van der Waals surface area (Å²) in [6.07, 6.45) is -3.20. The van der Waals surface area contributed by atoms with Crippen molar-refractivity contribution in [3.8, 4) is 6.07 Å². The number of carbonyl (C=O) groups excluding carboxylic acids is 1. The van der Waals surface area contributed by atoms with Gasteiger partial charge in [0.1, 0.15) is 0 Å². The van der Waals surface area contributed by atoms with Crippen LogP contribution in [0.2, 0.25) is 0 Å². The van der Waals surface area contributed by atoms with Crippen molar-refractivity contribution in [2.24, 2.45) is 0 Å². The Bertz CT molecular complexity index is 495. The van der Waals surface area contributed by atoms with E-state index in [1.165, 1.54) is 6.07 Å². The molecule has 0 bridgehead atoms. The van der Waals surface area contributed by atoms with E-state index in [1.54, 1.807) is 6.07 Å². The highest BCUT2D eigenvalue weighted by Gasteiger charge is 2.31. The summed E-state index contributed by atoms with van der Waals surface area (Å²) in [6.45, 7) is 1.29. The molecule has 0 radical (unpaired) electrons. The first-order valence-corrected chi connectivity index (χ1v) is 5.96. The Hall–Kier alpha value is -2.07. The Kier molecular flexibility index (Phi) is 6.00. The van der Waals surface area contributed by atoms with Gasteiger partial charge in [-0.15, -0.1) is 0 Å². The second kappa shape index (κ2) is 7.50. The maximum atomic E-state index is 12.6. The van der Waals surface area contributed by atoms with Crippen molar-refractivity contribution in [2.45, 2.75) is 19.1 Å². The van der Waals surface area contributed by atoms with Gasteiger partial charge in [-0.3, -0.25) is 4.79 Å². The normalized spacial score (nSPS) is 10.9. The van der Waals surface area contributed by atoms with Crippen LogP contribution < -0.4 is 10.6 Å². The number of alkyl halides is 3. The van der Waals surface area contributed by atoms with E-state index in [-0.39, 0.29) is 12.1 Å². The quantitative estimate of drug-likeness (QED) is 0.593. The predicted molar refractivity (Wildman–Crippen MR) is 66.5 cm³/mol. The average molecular weight is 285 g/mol. The molecule has 2 N–H and O–H groups in total. The molecule has 108 valence electrons. The van der Waals surface area contributed by atoms with Crippen molar-refractivity contribution >= 4 is 6.41 Å². The van der Waals surface area contributed by atoms with E-state index >= 15 is 0 Å². The van der Waals surface area contributed by atoms with Gasteiger partial charge in [-0.05, 0) is 36.7 Å². The Balaban J connectivity index is 2.61. The van der Waals surface area contributed by atoms with Crippen LogP contribution >= 0.6 is 0 Å². The van der Waals surface area contributed by atoms with Gasteiger partial charge in [0, 0.05) is 13.1 Å². The van der Waals surface area contributed by atoms with Gasteiger partial charge in [-0.25, -0.2) is 0 Å². The van der Waals surface area contributed by atoms with Gasteiger partial charge in [-0.1, -0.05) is 0 Å². The average Bonchev–Trinajstić information content (AvgIpc) is 2.41. The van der Waals surface area contributed by atoms with Gasteiger partial charge in [0.2, 0.25) is 6.41 Å². The van der Waals surface area contributed by atoms with Crippen LogP contribution in [0.3, 0.4) is 0 Å². The molecule has 0 saturated carbocycles. The zero-order valence-electron chi connectivity index (χ0n) is 10.6. The van der Waals surface area contributed by atoms with Gasteiger partial charge in [0.25, 0.3) is 0 Å². The summed E-state index contributed by atoms with van der Waals surface area (Å²) in [6, 6.07) is 5.00. The molecule has 1 rings (SSSR count). The van der Waals surface area contributed by atoms with Crippen molar-refractivity contribution in [3.63, 3.8) is 0 Å². The van der Waals surface area contributed by atoms with Gasteiger partial charge in [0.15, 0.2) is 0 Å². The number of nitriles is 1. The van der Waals surface area contributed by atoms with E-state index in [0.29, 0.717) is 31.5 Å². The first kappa shape index (κ1) is 16.0. The topological polar surface area (TPSA) is 64.9 Å². The maximum Gasteiger partial charge on any atom is 0.416 e. The summed E-state index contributed by atoms with van der Waals surface area (Å²) < 4.78 is 37.9. The fourth-order valence-corrected chi connectivity index (χ4v) is 1.63. The smallest absolute Gasteiger partial charge is 0.359 e. The van der Waals surface area contributed by atoms with E-state index in [2.05, 4.69) is 10.6 Å². The number of carbonyl (C=O) groups is 1. The monoisotopic (exact) mass is 285 g/mol. The zero-order chi connectivity index (χ0) is 15.0.